The summed E-state index contributed by atoms with van der Waals surface area (Å²) in [5.74, 6) is -0.254. The highest BCUT2D eigenvalue weighted by atomic mass is 16.5. The number of anilines is 1. The Morgan fingerprint density at radius 1 is 1.15 bits per heavy atom. The van der Waals surface area contributed by atoms with Crippen molar-refractivity contribution in [2.24, 2.45) is 0 Å². The van der Waals surface area contributed by atoms with E-state index in [9.17, 15) is 9.59 Å². The average Bonchev–Trinajstić information content (AvgIpc) is 3.06. The van der Waals surface area contributed by atoms with Gasteiger partial charge in [-0.3, -0.25) is 9.59 Å². The van der Waals surface area contributed by atoms with Crippen LogP contribution in [-0.4, -0.2) is 29.7 Å². The molecule has 3 aromatic rings. The van der Waals surface area contributed by atoms with E-state index in [0.29, 0.717) is 23.6 Å². The van der Waals surface area contributed by atoms with Crippen molar-refractivity contribution < 1.29 is 23.6 Å². The van der Waals surface area contributed by atoms with Gasteiger partial charge in [-0.15, -0.1) is 0 Å². The first-order chi connectivity index (χ1) is 13.1. The van der Waals surface area contributed by atoms with Crippen LogP contribution in [0.4, 0.5) is 5.69 Å². The summed E-state index contributed by atoms with van der Waals surface area (Å²) in [5, 5.41) is 7.34. The molecule has 0 fully saturated rings. The number of carbonyl (C=O) groups is 2. The zero-order chi connectivity index (χ0) is 19.2. The Bertz CT molecular complexity index is 933. The van der Waals surface area contributed by atoms with Gasteiger partial charge in [-0.25, -0.2) is 0 Å². The lowest BCUT2D eigenvalue weighted by Crippen LogP contribution is -2.30. The first-order valence-corrected chi connectivity index (χ1v) is 8.63. The van der Waals surface area contributed by atoms with Crippen molar-refractivity contribution in [3.8, 4) is 5.75 Å². The van der Waals surface area contributed by atoms with Crippen LogP contribution in [0, 0.1) is 0 Å². The van der Waals surface area contributed by atoms with Crippen LogP contribution in [0.2, 0.25) is 0 Å². The Labute approximate surface area is 156 Å². The van der Waals surface area contributed by atoms with Gasteiger partial charge >= 0.3 is 5.97 Å². The maximum atomic E-state index is 12.2. The Balaban J connectivity index is 1.55. The highest BCUT2D eigenvalue weighted by Crippen LogP contribution is 2.19. The van der Waals surface area contributed by atoms with Crippen LogP contribution in [-0.2, 0) is 20.7 Å². The highest BCUT2D eigenvalue weighted by Gasteiger charge is 2.20. The molecule has 3 rings (SSSR count). The fraction of sp³-hybridized carbons (Fsp3) is 0.250. The molecule has 27 heavy (non-hydrogen) atoms. The van der Waals surface area contributed by atoms with Gasteiger partial charge in [0.05, 0.1) is 13.0 Å². The van der Waals surface area contributed by atoms with Crippen LogP contribution in [0.15, 0.2) is 53.1 Å². The molecule has 2 aromatic carbocycles. The van der Waals surface area contributed by atoms with Crippen LogP contribution >= 0.6 is 0 Å². The van der Waals surface area contributed by atoms with Crippen molar-refractivity contribution in [1.29, 1.82) is 0 Å². The number of rotatable bonds is 7. The van der Waals surface area contributed by atoms with E-state index in [2.05, 4.69) is 10.5 Å². The summed E-state index contributed by atoms with van der Waals surface area (Å²) in [7, 11) is 0. The molecule has 1 amide bonds. The molecule has 7 heteroatoms. The molecule has 1 N–H and O–H groups in total. The minimum Gasteiger partial charge on any atom is -0.494 e. The molecule has 1 aromatic heterocycles. The van der Waals surface area contributed by atoms with E-state index in [1.807, 2.05) is 25.1 Å². The van der Waals surface area contributed by atoms with E-state index in [1.165, 1.54) is 6.92 Å². The summed E-state index contributed by atoms with van der Waals surface area (Å²) in [4.78, 5) is 24.4. The molecule has 0 aliphatic rings. The van der Waals surface area contributed by atoms with Gasteiger partial charge in [-0.05, 0) is 50.2 Å². The predicted octanol–water partition coefficient (Wildman–Crippen LogP) is 3.34. The summed E-state index contributed by atoms with van der Waals surface area (Å²) in [6.45, 7) is 3.98. The molecule has 0 aliphatic carbocycles. The summed E-state index contributed by atoms with van der Waals surface area (Å²) in [5.41, 5.74) is 1.67. The molecule has 0 unspecified atom stereocenters. The van der Waals surface area contributed by atoms with E-state index >= 15 is 0 Å². The normalized spacial score (nSPS) is 11.8. The molecule has 1 heterocycles. The van der Waals surface area contributed by atoms with E-state index < -0.39 is 18.0 Å². The second kappa shape index (κ2) is 8.35. The Kier molecular flexibility index (Phi) is 5.71. The third kappa shape index (κ3) is 4.63. The Morgan fingerprint density at radius 2 is 1.89 bits per heavy atom. The topological polar surface area (TPSA) is 90.7 Å². The summed E-state index contributed by atoms with van der Waals surface area (Å²) in [6, 6.07) is 14.2. The number of nitrogens with zero attached hydrogens (tertiary/aromatic N) is 1. The zero-order valence-corrected chi connectivity index (χ0v) is 15.1. The van der Waals surface area contributed by atoms with Crippen molar-refractivity contribution in [3.05, 3.63) is 54.2 Å². The van der Waals surface area contributed by atoms with Crippen molar-refractivity contribution >= 4 is 28.5 Å². The molecule has 1 atom stereocenters. The number of aromatic nitrogens is 1. The van der Waals surface area contributed by atoms with Crippen LogP contribution < -0.4 is 10.1 Å². The summed E-state index contributed by atoms with van der Waals surface area (Å²) >= 11 is 0. The molecule has 0 saturated heterocycles. The number of nitrogens with one attached hydrogen (secondary N) is 1. The average molecular weight is 368 g/mol. The molecule has 0 spiro atoms. The fourth-order valence-corrected chi connectivity index (χ4v) is 2.54. The lowest BCUT2D eigenvalue weighted by Gasteiger charge is -2.13. The van der Waals surface area contributed by atoms with Gasteiger partial charge < -0.3 is 19.3 Å². The maximum Gasteiger partial charge on any atom is 0.312 e. The third-order valence-electron chi connectivity index (χ3n) is 3.87. The van der Waals surface area contributed by atoms with Gasteiger partial charge in [0.15, 0.2) is 11.7 Å². The minimum absolute atomic E-state index is 0.0717. The largest absolute Gasteiger partial charge is 0.494 e. The molecule has 0 bridgehead atoms. The summed E-state index contributed by atoms with van der Waals surface area (Å²) < 4.78 is 15.7. The van der Waals surface area contributed by atoms with Crippen molar-refractivity contribution in [2.45, 2.75) is 26.4 Å². The van der Waals surface area contributed by atoms with Crippen LogP contribution in [0.5, 0.6) is 5.75 Å². The molecule has 0 aliphatic heterocycles. The molecular formula is C20H20N2O5. The number of hydrogen-bond donors (Lipinski definition) is 1. The molecule has 0 radical (unpaired) electrons. The van der Waals surface area contributed by atoms with E-state index in [-0.39, 0.29) is 6.42 Å². The van der Waals surface area contributed by atoms with E-state index in [1.54, 1.807) is 30.3 Å². The number of carbonyl (C=O) groups excluding carboxylic acids is 2. The van der Waals surface area contributed by atoms with Crippen molar-refractivity contribution in [1.82, 2.24) is 5.16 Å². The number of para-hydroxylation sites is 1. The lowest BCUT2D eigenvalue weighted by atomic mass is 10.2. The number of hydrogen-bond acceptors (Lipinski definition) is 6. The molecular weight excluding hydrogens is 348 g/mol. The quantitative estimate of drug-likeness (QED) is 0.643. The Morgan fingerprint density at radius 3 is 2.63 bits per heavy atom. The van der Waals surface area contributed by atoms with Gasteiger partial charge in [-0.1, -0.05) is 17.3 Å². The first-order valence-electron chi connectivity index (χ1n) is 8.63. The fourth-order valence-electron chi connectivity index (χ4n) is 2.54. The van der Waals surface area contributed by atoms with E-state index in [0.717, 1.165) is 11.1 Å². The SMILES string of the molecule is CCOc1ccc(NC(=O)[C@@H](C)OC(=O)Cc2noc3ccccc23)cc1. The van der Waals surface area contributed by atoms with Gasteiger partial charge in [0.2, 0.25) is 0 Å². The smallest absolute Gasteiger partial charge is 0.312 e. The standard InChI is InChI=1S/C20H20N2O5/c1-3-25-15-10-8-14(9-11-15)21-20(24)13(2)26-19(23)12-17-16-6-4-5-7-18(16)27-22-17/h4-11,13H,3,12H2,1-2H3,(H,21,24)/t13-/m1/s1. The van der Waals surface area contributed by atoms with Gasteiger partial charge in [0.25, 0.3) is 5.91 Å². The third-order valence-corrected chi connectivity index (χ3v) is 3.87. The van der Waals surface area contributed by atoms with Crippen LogP contribution in [0.25, 0.3) is 11.0 Å². The second-order valence-electron chi connectivity index (χ2n) is 5.88. The molecule has 140 valence electrons. The zero-order valence-electron chi connectivity index (χ0n) is 15.1. The van der Waals surface area contributed by atoms with Gasteiger partial charge in [0, 0.05) is 11.1 Å². The number of amides is 1. The molecule has 7 nitrogen and oxygen atoms in total. The predicted molar refractivity (Wildman–Crippen MR) is 99.5 cm³/mol. The van der Waals surface area contributed by atoms with Crippen molar-refractivity contribution in [2.75, 3.05) is 11.9 Å². The molecule has 0 saturated carbocycles. The van der Waals surface area contributed by atoms with Gasteiger partial charge in [0.1, 0.15) is 11.4 Å². The van der Waals surface area contributed by atoms with Crippen LogP contribution in [0.1, 0.15) is 19.5 Å². The maximum absolute atomic E-state index is 12.2. The van der Waals surface area contributed by atoms with Crippen molar-refractivity contribution in [3.63, 3.8) is 0 Å². The summed E-state index contributed by atoms with van der Waals surface area (Å²) in [6.07, 6.45) is -1.01. The lowest BCUT2D eigenvalue weighted by molar-refractivity contribution is -0.152. The highest BCUT2D eigenvalue weighted by molar-refractivity contribution is 5.95. The Hall–Kier alpha value is -3.35. The number of ether oxygens (including phenoxy) is 2. The first kappa shape index (κ1) is 18.4. The number of esters is 1. The van der Waals surface area contributed by atoms with Gasteiger partial charge in [-0.2, -0.15) is 0 Å². The number of benzene rings is 2. The van der Waals surface area contributed by atoms with E-state index in [4.69, 9.17) is 14.0 Å². The minimum atomic E-state index is -0.942. The number of fused-ring (bicyclic) bond motifs is 1. The van der Waals surface area contributed by atoms with Crippen LogP contribution in [0.3, 0.4) is 0 Å². The second-order valence-corrected chi connectivity index (χ2v) is 5.88. The monoisotopic (exact) mass is 368 g/mol.